The summed E-state index contributed by atoms with van der Waals surface area (Å²) in [5.41, 5.74) is 1.86. The van der Waals surface area contributed by atoms with Crippen LogP contribution in [-0.4, -0.2) is 31.1 Å². The smallest absolute Gasteiger partial charge is 0.339 e. The Bertz CT molecular complexity index is 970. The molecule has 1 aromatic heterocycles. The van der Waals surface area contributed by atoms with Gasteiger partial charge in [0, 0.05) is 11.9 Å². The lowest BCUT2D eigenvalue weighted by Crippen LogP contribution is -2.15. The summed E-state index contributed by atoms with van der Waals surface area (Å²) in [6.45, 7) is 0. The topological polar surface area (TPSA) is 89.5 Å². The predicted molar refractivity (Wildman–Crippen MR) is 106 cm³/mol. The number of rotatable bonds is 6. The Hall–Kier alpha value is -3.87. The van der Waals surface area contributed by atoms with Gasteiger partial charge < -0.3 is 20.1 Å². The first-order valence-electron chi connectivity index (χ1n) is 8.46. The number of carbonyl (C=O) groups excluding carboxylic acids is 2. The maximum Gasteiger partial charge on any atom is 0.339 e. The zero-order valence-electron chi connectivity index (χ0n) is 15.4. The number of para-hydroxylation sites is 1. The summed E-state index contributed by atoms with van der Waals surface area (Å²) in [6, 6.07) is 17.4. The second-order valence-electron chi connectivity index (χ2n) is 5.78. The first-order valence-corrected chi connectivity index (χ1v) is 8.46. The molecule has 0 unspecified atom stereocenters. The number of ether oxygens (including phenoxy) is 2. The van der Waals surface area contributed by atoms with Gasteiger partial charge in [0.05, 0.1) is 31.0 Å². The number of amides is 1. The molecule has 0 aliphatic heterocycles. The number of pyridine rings is 1. The van der Waals surface area contributed by atoms with Crippen molar-refractivity contribution in [3.63, 3.8) is 0 Å². The van der Waals surface area contributed by atoms with Crippen molar-refractivity contribution in [3.8, 4) is 5.75 Å². The van der Waals surface area contributed by atoms with Crippen LogP contribution in [0, 0.1) is 0 Å². The molecule has 0 saturated heterocycles. The van der Waals surface area contributed by atoms with Gasteiger partial charge in [0.25, 0.3) is 5.91 Å². The van der Waals surface area contributed by atoms with Crippen LogP contribution in [-0.2, 0) is 4.74 Å². The molecule has 0 saturated carbocycles. The number of carbonyl (C=O) groups is 2. The van der Waals surface area contributed by atoms with E-state index < -0.39 is 5.97 Å². The molecular formula is C21H19N3O4. The van der Waals surface area contributed by atoms with Crippen molar-refractivity contribution in [1.29, 1.82) is 0 Å². The zero-order valence-corrected chi connectivity index (χ0v) is 15.4. The third kappa shape index (κ3) is 4.45. The zero-order chi connectivity index (χ0) is 19.9. The lowest BCUT2D eigenvalue weighted by Gasteiger charge is -2.10. The molecule has 0 radical (unpaired) electrons. The van der Waals surface area contributed by atoms with Crippen molar-refractivity contribution in [2.75, 3.05) is 24.9 Å². The standard InChI is InChI=1S/C21H19N3O4/c1-27-16-10-8-15(9-11-16)23-19-12-7-14(13-22-19)20(25)24-18-6-4-3-5-17(18)21(26)28-2/h3-13H,1-2H3,(H,22,23)(H,24,25). The molecule has 142 valence electrons. The minimum Gasteiger partial charge on any atom is -0.497 e. The van der Waals surface area contributed by atoms with Crippen LogP contribution in [0.2, 0.25) is 0 Å². The van der Waals surface area contributed by atoms with E-state index in [1.807, 2.05) is 24.3 Å². The fourth-order valence-electron chi connectivity index (χ4n) is 2.50. The maximum absolute atomic E-state index is 12.5. The van der Waals surface area contributed by atoms with Gasteiger partial charge in [-0.3, -0.25) is 4.79 Å². The monoisotopic (exact) mass is 377 g/mol. The highest BCUT2D eigenvalue weighted by atomic mass is 16.5. The molecule has 0 bridgehead atoms. The van der Waals surface area contributed by atoms with Gasteiger partial charge in [-0.05, 0) is 48.5 Å². The van der Waals surface area contributed by atoms with Crippen LogP contribution in [0.5, 0.6) is 5.75 Å². The van der Waals surface area contributed by atoms with E-state index in [2.05, 4.69) is 15.6 Å². The SMILES string of the molecule is COC(=O)c1ccccc1NC(=O)c1ccc(Nc2ccc(OC)cc2)nc1. The minimum atomic E-state index is -0.520. The van der Waals surface area contributed by atoms with Gasteiger partial charge in [-0.2, -0.15) is 0 Å². The number of nitrogens with zero attached hydrogens (tertiary/aromatic N) is 1. The fraction of sp³-hybridized carbons (Fsp3) is 0.0952. The second kappa shape index (κ2) is 8.68. The molecule has 3 aromatic rings. The summed E-state index contributed by atoms with van der Waals surface area (Å²) in [4.78, 5) is 28.5. The Morgan fingerprint density at radius 3 is 2.32 bits per heavy atom. The first kappa shape index (κ1) is 18.9. The Morgan fingerprint density at radius 2 is 1.68 bits per heavy atom. The third-order valence-corrected chi connectivity index (χ3v) is 3.97. The molecular weight excluding hydrogens is 358 g/mol. The van der Waals surface area contributed by atoms with Crippen molar-refractivity contribution in [2.45, 2.75) is 0 Å². The Balaban J connectivity index is 1.69. The first-order chi connectivity index (χ1) is 13.6. The van der Waals surface area contributed by atoms with Crippen LogP contribution in [0.1, 0.15) is 20.7 Å². The van der Waals surface area contributed by atoms with Crippen LogP contribution < -0.4 is 15.4 Å². The van der Waals surface area contributed by atoms with Crippen LogP contribution in [0.4, 0.5) is 17.2 Å². The molecule has 2 aromatic carbocycles. The average molecular weight is 377 g/mol. The molecule has 0 aliphatic carbocycles. The van der Waals surface area contributed by atoms with Gasteiger partial charge in [0.15, 0.2) is 0 Å². The molecule has 3 rings (SSSR count). The van der Waals surface area contributed by atoms with Crippen molar-refractivity contribution in [3.05, 3.63) is 78.0 Å². The summed E-state index contributed by atoms with van der Waals surface area (Å²) < 4.78 is 9.86. The van der Waals surface area contributed by atoms with Crippen molar-refractivity contribution < 1.29 is 19.1 Å². The molecule has 7 nitrogen and oxygen atoms in total. The number of nitrogens with one attached hydrogen (secondary N) is 2. The Labute approximate surface area is 162 Å². The van der Waals surface area contributed by atoms with Crippen molar-refractivity contribution >= 4 is 29.1 Å². The minimum absolute atomic E-state index is 0.282. The average Bonchev–Trinajstić information content (AvgIpc) is 2.74. The predicted octanol–water partition coefficient (Wildman–Crippen LogP) is 3.87. The van der Waals surface area contributed by atoms with E-state index in [1.54, 1.807) is 43.5 Å². The van der Waals surface area contributed by atoms with Crippen molar-refractivity contribution in [2.24, 2.45) is 0 Å². The van der Waals surface area contributed by atoms with Crippen LogP contribution in [0.15, 0.2) is 66.9 Å². The lowest BCUT2D eigenvalue weighted by atomic mass is 10.1. The molecule has 2 N–H and O–H groups in total. The maximum atomic E-state index is 12.5. The van der Waals surface area contributed by atoms with Crippen molar-refractivity contribution in [1.82, 2.24) is 4.98 Å². The Kier molecular flexibility index (Phi) is 5.86. The molecule has 28 heavy (non-hydrogen) atoms. The fourth-order valence-corrected chi connectivity index (χ4v) is 2.50. The molecule has 7 heteroatoms. The van der Waals surface area contributed by atoms with E-state index in [9.17, 15) is 9.59 Å². The molecule has 0 fully saturated rings. The molecule has 0 atom stereocenters. The number of anilines is 3. The largest absolute Gasteiger partial charge is 0.497 e. The van der Waals surface area contributed by atoms with Crippen LogP contribution in [0.25, 0.3) is 0 Å². The van der Waals surface area contributed by atoms with Gasteiger partial charge in [-0.1, -0.05) is 12.1 Å². The van der Waals surface area contributed by atoms with E-state index in [0.717, 1.165) is 11.4 Å². The van der Waals surface area contributed by atoms with Crippen LogP contribution in [0.3, 0.4) is 0 Å². The van der Waals surface area contributed by atoms with Gasteiger partial charge in [0.2, 0.25) is 0 Å². The van der Waals surface area contributed by atoms with Gasteiger partial charge in [0.1, 0.15) is 11.6 Å². The summed E-state index contributed by atoms with van der Waals surface area (Å²) in [5, 5.41) is 5.85. The number of hydrogen-bond donors (Lipinski definition) is 2. The normalized spacial score (nSPS) is 10.1. The number of aromatic nitrogens is 1. The van der Waals surface area contributed by atoms with E-state index in [1.165, 1.54) is 13.3 Å². The quantitative estimate of drug-likeness (QED) is 0.634. The van der Waals surface area contributed by atoms with E-state index in [4.69, 9.17) is 9.47 Å². The van der Waals surface area contributed by atoms with Gasteiger partial charge in [-0.15, -0.1) is 0 Å². The molecule has 1 heterocycles. The lowest BCUT2D eigenvalue weighted by molar-refractivity contribution is 0.0602. The Morgan fingerprint density at radius 1 is 0.929 bits per heavy atom. The van der Waals surface area contributed by atoms with E-state index >= 15 is 0 Å². The van der Waals surface area contributed by atoms with E-state index in [-0.39, 0.29) is 11.5 Å². The molecule has 1 amide bonds. The van der Waals surface area contributed by atoms with Gasteiger partial charge >= 0.3 is 5.97 Å². The summed E-state index contributed by atoms with van der Waals surface area (Å²) in [5.74, 6) is 0.461. The van der Waals surface area contributed by atoms with E-state index in [0.29, 0.717) is 17.1 Å². The second-order valence-corrected chi connectivity index (χ2v) is 5.78. The highest BCUT2D eigenvalue weighted by molar-refractivity contribution is 6.07. The summed E-state index contributed by atoms with van der Waals surface area (Å²) in [6.07, 6.45) is 1.46. The van der Waals surface area contributed by atoms with Gasteiger partial charge in [-0.25, -0.2) is 9.78 Å². The molecule has 0 aliphatic rings. The highest BCUT2D eigenvalue weighted by Gasteiger charge is 2.14. The highest BCUT2D eigenvalue weighted by Crippen LogP contribution is 2.20. The number of esters is 1. The van der Waals surface area contributed by atoms with Crippen LogP contribution >= 0.6 is 0 Å². The number of methoxy groups -OCH3 is 2. The summed E-state index contributed by atoms with van der Waals surface area (Å²) >= 11 is 0. The number of hydrogen-bond acceptors (Lipinski definition) is 6. The number of benzene rings is 2. The molecule has 0 spiro atoms. The summed E-state index contributed by atoms with van der Waals surface area (Å²) in [7, 11) is 2.90. The third-order valence-electron chi connectivity index (χ3n) is 3.97.